The lowest BCUT2D eigenvalue weighted by atomic mass is 9.93. The highest BCUT2D eigenvalue weighted by Gasteiger charge is 2.29. The molecule has 26 heavy (non-hydrogen) atoms. The molecule has 2 unspecified atom stereocenters. The normalized spacial score (nSPS) is 13.8. The maximum atomic E-state index is 14.4. The smallest absolute Gasteiger partial charge is 0.130 e. The number of hydrogen-bond acceptors (Lipinski definition) is 1. The summed E-state index contributed by atoms with van der Waals surface area (Å²) in [6.45, 7) is 6.09. The Bertz CT molecular complexity index is 907. The van der Waals surface area contributed by atoms with Gasteiger partial charge in [0.25, 0.3) is 0 Å². The van der Waals surface area contributed by atoms with E-state index in [1.165, 1.54) is 0 Å². The van der Waals surface area contributed by atoms with E-state index in [0.717, 1.165) is 28.7 Å². The first kappa shape index (κ1) is 18.6. The molecule has 0 amide bonds. The molecular formula is C23H24FOP. The van der Waals surface area contributed by atoms with E-state index < -0.39 is 0 Å². The van der Waals surface area contributed by atoms with E-state index in [9.17, 15) is 9.50 Å². The Morgan fingerprint density at radius 1 is 0.962 bits per heavy atom. The zero-order valence-electron chi connectivity index (χ0n) is 15.4. The second kappa shape index (κ2) is 7.60. The van der Waals surface area contributed by atoms with Crippen LogP contribution in [-0.4, -0.2) is 5.11 Å². The van der Waals surface area contributed by atoms with Gasteiger partial charge in [0.2, 0.25) is 0 Å². The predicted octanol–water partition coefficient (Wildman–Crippen LogP) is 6.14. The summed E-state index contributed by atoms with van der Waals surface area (Å²) in [5.74, 6) is 0.107. The molecule has 1 N–H and O–H groups in total. The van der Waals surface area contributed by atoms with Gasteiger partial charge in [-0.2, -0.15) is 0 Å². The van der Waals surface area contributed by atoms with E-state index in [1.807, 2.05) is 49.4 Å². The third-order valence-corrected chi connectivity index (χ3v) is 6.79. The predicted molar refractivity (Wildman–Crippen MR) is 110 cm³/mol. The van der Waals surface area contributed by atoms with Crippen LogP contribution in [0.3, 0.4) is 0 Å². The summed E-state index contributed by atoms with van der Waals surface area (Å²) in [5, 5.41) is 10.9. The summed E-state index contributed by atoms with van der Waals surface area (Å²) in [6, 6.07) is 21.2. The summed E-state index contributed by atoms with van der Waals surface area (Å²) in [4.78, 5) is 0. The Kier molecular flexibility index (Phi) is 5.44. The van der Waals surface area contributed by atoms with Crippen molar-refractivity contribution in [2.75, 3.05) is 0 Å². The summed E-state index contributed by atoms with van der Waals surface area (Å²) >= 11 is 0. The van der Waals surface area contributed by atoms with Crippen molar-refractivity contribution in [1.29, 1.82) is 0 Å². The molecule has 0 aliphatic carbocycles. The van der Waals surface area contributed by atoms with Crippen molar-refractivity contribution in [3.8, 4) is 16.9 Å². The van der Waals surface area contributed by atoms with Gasteiger partial charge in [0.15, 0.2) is 0 Å². The molecule has 3 aromatic rings. The van der Waals surface area contributed by atoms with Gasteiger partial charge >= 0.3 is 0 Å². The van der Waals surface area contributed by atoms with Crippen molar-refractivity contribution in [3.63, 3.8) is 0 Å². The molecule has 0 radical (unpaired) electrons. The standard InChI is InChI=1S/C23H24FOP/c1-4-23(3,26-22-13-10-16(2)14-20(22)24)19-15-18(11-12-21(19)25)17-8-6-5-7-9-17/h5-15,25-26H,4H2,1-3H3. The molecule has 0 saturated carbocycles. The Balaban J connectivity index is 2.03. The molecule has 0 bridgehead atoms. The van der Waals surface area contributed by atoms with Crippen LogP contribution in [0.15, 0.2) is 66.7 Å². The summed E-state index contributed by atoms with van der Waals surface area (Å²) in [7, 11) is 0.237. The van der Waals surface area contributed by atoms with Gasteiger partial charge in [-0.15, -0.1) is 0 Å². The molecule has 0 saturated heterocycles. The Morgan fingerprint density at radius 3 is 2.35 bits per heavy atom. The number of phenolic OH excluding ortho intramolecular Hbond substituents is 1. The fourth-order valence-corrected chi connectivity index (χ4v) is 4.62. The maximum Gasteiger partial charge on any atom is 0.130 e. The van der Waals surface area contributed by atoms with Gasteiger partial charge in [0.05, 0.1) is 0 Å². The molecule has 0 spiro atoms. The van der Waals surface area contributed by atoms with Gasteiger partial charge < -0.3 is 5.11 Å². The van der Waals surface area contributed by atoms with Gasteiger partial charge in [-0.1, -0.05) is 71.0 Å². The van der Waals surface area contributed by atoms with Crippen LogP contribution in [0.1, 0.15) is 31.4 Å². The van der Waals surface area contributed by atoms with E-state index in [-0.39, 0.29) is 25.3 Å². The monoisotopic (exact) mass is 366 g/mol. The highest BCUT2D eigenvalue weighted by atomic mass is 31.1. The van der Waals surface area contributed by atoms with Crippen LogP contribution in [0.4, 0.5) is 4.39 Å². The van der Waals surface area contributed by atoms with Crippen molar-refractivity contribution in [3.05, 3.63) is 83.7 Å². The maximum absolute atomic E-state index is 14.4. The van der Waals surface area contributed by atoms with E-state index in [4.69, 9.17) is 0 Å². The van der Waals surface area contributed by atoms with Crippen molar-refractivity contribution in [2.45, 2.75) is 32.3 Å². The summed E-state index contributed by atoms with van der Waals surface area (Å²) < 4.78 is 14.4. The van der Waals surface area contributed by atoms with Crippen LogP contribution in [0.5, 0.6) is 5.75 Å². The fourth-order valence-electron chi connectivity index (χ4n) is 3.15. The zero-order valence-corrected chi connectivity index (χ0v) is 16.4. The first-order valence-corrected chi connectivity index (χ1v) is 9.86. The third-order valence-electron chi connectivity index (χ3n) is 4.94. The molecular weight excluding hydrogens is 342 g/mol. The van der Waals surface area contributed by atoms with Crippen molar-refractivity contribution in [2.24, 2.45) is 0 Å². The molecule has 3 heteroatoms. The molecule has 1 nitrogen and oxygen atoms in total. The summed E-state index contributed by atoms with van der Waals surface area (Å²) in [6.07, 6.45) is 0.810. The first-order valence-electron chi connectivity index (χ1n) is 8.86. The molecule has 3 aromatic carbocycles. The average Bonchev–Trinajstić information content (AvgIpc) is 2.65. The molecule has 0 aliphatic rings. The number of halogens is 1. The van der Waals surface area contributed by atoms with E-state index in [2.05, 4.69) is 26.0 Å². The molecule has 0 aromatic heterocycles. The van der Waals surface area contributed by atoms with Gasteiger partial charge in [-0.25, -0.2) is 4.39 Å². The number of hydrogen-bond donors (Lipinski definition) is 1. The molecule has 0 aliphatic heterocycles. The lowest BCUT2D eigenvalue weighted by Crippen LogP contribution is -2.20. The lowest BCUT2D eigenvalue weighted by Gasteiger charge is -2.30. The molecule has 134 valence electrons. The van der Waals surface area contributed by atoms with Crippen LogP contribution in [0, 0.1) is 12.7 Å². The van der Waals surface area contributed by atoms with Gasteiger partial charge in [-0.3, -0.25) is 0 Å². The minimum atomic E-state index is -0.328. The minimum Gasteiger partial charge on any atom is -0.508 e. The van der Waals surface area contributed by atoms with Crippen LogP contribution >= 0.6 is 8.58 Å². The number of aromatic hydroxyl groups is 1. The molecule has 0 heterocycles. The van der Waals surface area contributed by atoms with Gasteiger partial charge in [0, 0.05) is 16.0 Å². The van der Waals surface area contributed by atoms with E-state index in [1.54, 1.807) is 12.1 Å². The van der Waals surface area contributed by atoms with Gasteiger partial charge in [0.1, 0.15) is 11.6 Å². The van der Waals surface area contributed by atoms with Crippen LogP contribution in [-0.2, 0) is 5.16 Å². The summed E-state index contributed by atoms with van der Waals surface area (Å²) in [5.41, 5.74) is 3.96. The molecule has 3 rings (SSSR count). The van der Waals surface area contributed by atoms with Crippen LogP contribution < -0.4 is 5.30 Å². The SMILES string of the molecule is CCC(C)(Pc1ccc(C)cc1F)c1cc(-c2ccccc2)ccc1O. The lowest BCUT2D eigenvalue weighted by molar-refractivity contribution is 0.457. The molecule has 0 fully saturated rings. The second-order valence-corrected chi connectivity index (χ2v) is 8.78. The van der Waals surface area contributed by atoms with E-state index >= 15 is 0 Å². The highest BCUT2D eigenvalue weighted by Crippen LogP contribution is 2.48. The Hall–Kier alpha value is -2.18. The largest absolute Gasteiger partial charge is 0.508 e. The van der Waals surface area contributed by atoms with Crippen molar-refractivity contribution < 1.29 is 9.50 Å². The Labute approximate surface area is 156 Å². The topological polar surface area (TPSA) is 20.2 Å². The quantitative estimate of drug-likeness (QED) is 0.538. The fraction of sp³-hybridized carbons (Fsp3) is 0.217. The van der Waals surface area contributed by atoms with Gasteiger partial charge in [-0.05, 0) is 48.2 Å². The number of phenols is 1. The molecule has 2 atom stereocenters. The average molecular weight is 366 g/mol. The van der Waals surface area contributed by atoms with Crippen LogP contribution in [0.2, 0.25) is 0 Å². The first-order chi connectivity index (χ1) is 12.4. The number of benzene rings is 3. The third kappa shape index (κ3) is 3.81. The Morgan fingerprint density at radius 2 is 1.69 bits per heavy atom. The van der Waals surface area contributed by atoms with Crippen LogP contribution in [0.25, 0.3) is 11.1 Å². The zero-order chi connectivity index (χ0) is 18.7. The number of aryl methyl sites for hydroxylation is 1. The minimum absolute atomic E-state index is 0.165. The second-order valence-electron chi connectivity index (χ2n) is 6.89. The highest BCUT2D eigenvalue weighted by molar-refractivity contribution is 7.48. The number of rotatable bonds is 5. The van der Waals surface area contributed by atoms with Crippen molar-refractivity contribution >= 4 is 13.9 Å². The van der Waals surface area contributed by atoms with Crippen molar-refractivity contribution in [1.82, 2.24) is 0 Å². The van der Waals surface area contributed by atoms with E-state index in [0.29, 0.717) is 5.30 Å².